The molecule has 1 aromatic heterocycles. The van der Waals surface area contributed by atoms with Crippen molar-refractivity contribution >= 4 is 33.6 Å². The zero-order valence-corrected chi connectivity index (χ0v) is 14.0. The van der Waals surface area contributed by atoms with Crippen LogP contribution < -0.4 is 5.32 Å². The first-order valence-corrected chi connectivity index (χ1v) is 8.60. The second-order valence-corrected chi connectivity index (χ2v) is 6.36. The van der Waals surface area contributed by atoms with Crippen LogP contribution in [0.3, 0.4) is 0 Å². The van der Waals surface area contributed by atoms with Crippen molar-refractivity contribution in [3.8, 4) is 0 Å². The SMILES string of the molecule is O=C1Nc2ccccc2C1=C(c1ccccc1)c1c[nH]c2ccccc12. The van der Waals surface area contributed by atoms with Gasteiger partial charge in [-0.2, -0.15) is 0 Å². The molecule has 0 aliphatic carbocycles. The van der Waals surface area contributed by atoms with Crippen LogP contribution in [0.2, 0.25) is 0 Å². The van der Waals surface area contributed by atoms with Gasteiger partial charge in [-0.25, -0.2) is 0 Å². The molecule has 2 N–H and O–H groups in total. The van der Waals surface area contributed by atoms with Crippen molar-refractivity contribution < 1.29 is 4.79 Å². The number of amides is 1. The number of rotatable bonds is 2. The van der Waals surface area contributed by atoms with Gasteiger partial charge in [0.15, 0.2) is 0 Å². The quantitative estimate of drug-likeness (QED) is 0.493. The highest BCUT2D eigenvalue weighted by Gasteiger charge is 2.29. The molecule has 0 bridgehead atoms. The smallest absolute Gasteiger partial charge is 0.257 e. The summed E-state index contributed by atoms with van der Waals surface area (Å²) >= 11 is 0. The molecule has 1 aliphatic rings. The lowest BCUT2D eigenvalue weighted by molar-refractivity contribution is -0.110. The monoisotopic (exact) mass is 336 g/mol. The molecule has 0 fully saturated rings. The van der Waals surface area contributed by atoms with Gasteiger partial charge >= 0.3 is 0 Å². The van der Waals surface area contributed by atoms with E-state index in [1.165, 1.54) is 0 Å². The highest BCUT2D eigenvalue weighted by Crippen LogP contribution is 2.41. The van der Waals surface area contributed by atoms with Crippen LogP contribution in [0.4, 0.5) is 5.69 Å². The van der Waals surface area contributed by atoms with Gasteiger partial charge < -0.3 is 10.3 Å². The molecule has 4 aromatic rings. The number of hydrogen-bond acceptors (Lipinski definition) is 1. The third-order valence-electron chi connectivity index (χ3n) is 4.84. The second-order valence-electron chi connectivity index (χ2n) is 6.36. The lowest BCUT2D eigenvalue weighted by Gasteiger charge is -2.11. The van der Waals surface area contributed by atoms with Crippen LogP contribution in [0, 0.1) is 0 Å². The highest BCUT2D eigenvalue weighted by atomic mass is 16.2. The van der Waals surface area contributed by atoms with Crippen molar-refractivity contribution in [2.24, 2.45) is 0 Å². The Morgan fingerprint density at radius 3 is 2.38 bits per heavy atom. The molecule has 5 rings (SSSR count). The predicted molar refractivity (Wildman–Crippen MR) is 106 cm³/mol. The highest BCUT2D eigenvalue weighted by molar-refractivity contribution is 6.38. The van der Waals surface area contributed by atoms with E-state index in [2.05, 4.69) is 34.6 Å². The molecule has 1 amide bonds. The molecule has 0 radical (unpaired) electrons. The topological polar surface area (TPSA) is 44.9 Å². The number of carbonyl (C=O) groups is 1. The third kappa shape index (κ3) is 2.18. The van der Waals surface area contributed by atoms with E-state index in [4.69, 9.17) is 0 Å². The zero-order valence-electron chi connectivity index (χ0n) is 14.0. The van der Waals surface area contributed by atoms with Gasteiger partial charge in [-0.15, -0.1) is 0 Å². The Morgan fingerprint density at radius 1 is 0.769 bits per heavy atom. The molecule has 3 aromatic carbocycles. The minimum absolute atomic E-state index is 0.0599. The van der Waals surface area contributed by atoms with E-state index < -0.39 is 0 Å². The summed E-state index contributed by atoms with van der Waals surface area (Å²) in [5, 5.41) is 4.11. The van der Waals surface area contributed by atoms with Gasteiger partial charge in [-0.05, 0) is 17.7 Å². The number of benzene rings is 3. The maximum absolute atomic E-state index is 12.9. The minimum atomic E-state index is -0.0599. The molecule has 3 heteroatoms. The number of aromatic nitrogens is 1. The van der Waals surface area contributed by atoms with Gasteiger partial charge in [0, 0.05) is 39.5 Å². The van der Waals surface area contributed by atoms with Crippen LogP contribution >= 0.6 is 0 Å². The molecule has 0 atom stereocenters. The number of para-hydroxylation sites is 2. The molecule has 0 unspecified atom stereocenters. The third-order valence-corrected chi connectivity index (χ3v) is 4.84. The summed E-state index contributed by atoms with van der Waals surface area (Å²) in [5.41, 5.74) is 6.60. The van der Waals surface area contributed by atoms with Gasteiger partial charge in [-0.1, -0.05) is 66.7 Å². The average Bonchev–Trinajstić information content (AvgIpc) is 3.25. The average molecular weight is 336 g/mol. The summed E-state index contributed by atoms with van der Waals surface area (Å²) in [6.45, 7) is 0. The molecule has 0 saturated carbocycles. The molecule has 0 saturated heterocycles. The number of anilines is 1. The normalized spacial score (nSPS) is 15.0. The summed E-state index contributed by atoms with van der Waals surface area (Å²) in [4.78, 5) is 16.2. The number of fused-ring (bicyclic) bond motifs is 2. The van der Waals surface area contributed by atoms with Crippen molar-refractivity contribution in [2.75, 3.05) is 5.32 Å². The first-order valence-electron chi connectivity index (χ1n) is 8.60. The predicted octanol–water partition coefficient (Wildman–Crippen LogP) is 5.08. The Hall–Kier alpha value is -3.59. The van der Waals surface area contributed by atoms with Crippen molar-refractivity contribution in [1.29, 1.82) is 0 Å². The zero-order chi connectivity index (χ0) is 17.5. The molecule has 1 aliphatic heterocycles. The molecule has 26 heavy (non-hydrogen) atoms. The molecule has 3 nitrogen and oxygen atoms in total. The number of aromatic amines is 1. The van der Waals surface area contributed by atoms with Gasteiger partial charge in [-0.3, -0.25) is 4.79 Å². The minimum Gasteiger partial charge on any atom is -0.361 e. The van der Waals surface area contributed by atoms with Crippen LogP contribution in [0.1, 0.15) is 16.7 Å². The number of hydrogen-bond donors (Lipinski definition) is 2. The molecular formula is C23H16N2O. The fraction of sp³-hybridized carbons (Fsp3) is 0. The summed E-state index contributed by atoms with van der Waals surface area (Å²) in [7, 11) is 0. The van der Waals surface area contributed by atoms with Gasteiger partial charge in [0.2, 0.25) is 0 Å². The summed E-state index contributed by atoms with van der Waals surface area (Å²) < 4.78 is 0. The summed E-state index contributed by atoms with van der Waals surface area (Å²) in [6.07, 6.45) is 1.99. The maximum Gasteiger partial charge on any atom is 0.257 e. The molecule has 2 heterocycles. The second kappa shape index (κ2) is 5.74. The van der Waals surface area contributed by atoms with E-state index in [0.717, 1.165) is 44.4 Å². The number of carbonyl (C=O) groups excluding carboxylic acids is 1. The Bertz CT molecular complexity index is 1170. The summed E-state index contributed by atoms with van der Waals surface area (Å²) in [6, 6.07) is 26.1. The number of nitrogens with one attached hydrogen (secondary N) is 2. The Kier molecular flexibility index (Phi) is 3.25. The molecular weight excluding hydrogens is 320 g/mol. The fourth-order valence-corrected chi connectivity index (χ4v) is 3.68. The van der Waals surface area contributed by atoms with Crippen LogP contribution in [0.5, 0.6) is 0 Å². The number of H-pyrrole nitrogens is 1. The van der Waals surface area contributed by atoms with E-state index >= 15 is 0 Å². The van der Waals surface area contributed by atoms with E-state index in [0.29, 0.717) is 0 Å². The van der Waals surface area contributed by atoms with Gasteiger partial charge in [0.25, 0.3) is 5.91 Å². The summed E-state index contributed by atoms with van der Waals surface area (Å²) in [5.74, 6) is -0.0599. The fourth-order valence-electron chi connectivity index (χ4n) is 3.68. The van der Waals surface area contributed by atoms with Crippen molar-refractivity contribution in [3.63, 3.8) is 0 Å². The first-order chi connectivity index (χ1) is 12.8. The van der Waals surface area contributed by atoms with E-state index in [9.17, 15) is 4.79 Å². The van der Waals surface area contributed by atoms with Crippen molar-refractivity contribution in [1.82, 2.24) is 4.98 Å². The maximum atomic E-state index is 12.9. The van der Waals surface area contributed by atoms with E-state index in [1.54, 1.807) is 0 Å². The first kappa shape index (κ1) is 14.7. The van der Waals surface area contributed by atoms with Crippen LogP contribution in [-0.4, -0.2) is 10.9 Å². The van der Waals surface area contributed by atoms with Crippen molar-refractivity contribution in [3.05, 3.63) is 102 Å². The van der Waals surface area contributed by atoms with Crippen LogP contribution in [0.15, 0.2) is 85.1 Å². The van der Waals surface area contributed by atoms with Gasteiger partial charge in [0.1, 0.15) is 0 Å². The lowest BCUT2D eigenvalue weighted by Crippen LogP contribution is -2.06. The van der Waals surface area contributed by atoms with E-state index in [1.807, 2.05) is 60.8 Å². The van der Waals surface area contributed by atoms with E-state index in [-0.39, 0.29) is 5.91 Å². The molecule has 0 spiro atoms. The van der Waals surface area contributed by atoms with Crippen molar-refractivity contribution in [2.45, 2.75) is 0 Å². The molecule has 124 valence electrons. The Balaban J connectivity index is 1.89. The lowest BCUT2D eigenvalue weighted by atomic mass is 9.90. The van der Waals surface area contributed by atoms with Gasteiger partial charge in [0.05, 0.1) is 5.57 Å². The Morgan fingerprint density at radius 2 is 1.50 bits per heavy atom. The standard InChI is InChI=1S/C23H16N2O/c26-23-22(17-11-5-7-13-20(17)25-23)21(15-8-2-1-3-9-15)18-14-24-19-12-6-4-10-16(18)19/h1-14,24H,(H,25,26). The largest absolute Gasteiger partial charge is 0.361 e. The van der Waals surface area contributed by atoms with Crippen LogP contribution in [-0.2, 0) is 4.79 Å². The Labute approximate surface area is 151 Å². The van der Waals surface area contributed by atoms with Crippen LogP contribution in [0.25, 0.3) is 22.0 Å².